The van der Waals surface area contributed by atoms with E-state index in [2.05, 4.69) is 0 Å². The lowest BCUT2D eigenvalue weighted by Crippen LogP contribution is -2.08. The third kappa shape index (κ3) is 2.05. The average molecular weight is 204 g/mol. The highest BCUT2D eigenvalue weighted by Crippen LogP contribution is 2.23. The van der Waals surface area contributed by atoms with Gasteiger partial charge in [0.1, 0.15) is 0 Å². The van der Waals surface area contributed by atoms with Crippen LogP contribution in [0.25, 0.3) is 0 Å². The number of hydrogen-bond acceptors (Lipinski definition) is 1. The van der Waals surface area contributed by atoms with Crippen molar-refractivity contribution in [2.24, 2.45) is 0 Å². The van der Waals surface area contributed by atoms with Gasteiger partial charge in [-0.15, -0.1) is 11.6 Å². The van der Waals surface area contributed by atoms with E-state index in [1.165, 1.54) is 0 Å². The molecule has 0 atom stereocenters. The SMILES string of the molecule is CN(C)c1ccc(CCl)c(Cl)c1. The van der Waals surface area contributed by atoms with Crippen molar-refractivity contribution in [1.29, 1.82) is 0 Å². The Morgan fingerprint density at radius 1 is 1.33 bits per heavy atom. The highest BCUT2D eigenvalue weighted by atomic mass is 35.5. The molecule has 0 fully saturated rings. The number of rotatable bonds is 2. The third-order valence-electron chi connectivity index (χ3n) is 1.70. The predicted octanol–water partition coefficient (Wildman–Crippen LogP) is 3.14. The van der Waals surface area contributed by atoms with Crippen LogP contribution in [0.1, 0.15) is 5.56 Å². The zero-order valence-corrected chi connectivity index (χ0v) is 8.65. The molecule has 0 unspecified atom stereocenters. The fraction of sp³-hybridized carbons (Fsp3) is 0.333. The third-order valence-corrected chi connectivity index (χ3v) is 2.34. The summed E-state index contributed by atoms with van der Waals surface area (Å²) in [6.45, 7) is 0. The number of anilines is 1. The Morgan fingerprint density at radius 2 is 2.00 bits per heavy atom. The van der Waals surface area contributed by atoms with Crippen molar-refractivity contribution in [3.8, 4) is 0 Å². The van der Waals surface area contributed by atoms with Gasteiger partial charge < -0.3 is 4.90 Å². The van der Waals surface area contributed by atoms with Gasteiger partial charge in [0.15, 0.2) is 0 Å². The molecule has 0 N–H and O–H groups in total. The Morgan fingerprint density at radius 3 is 2.42 bits per heavy atom. The summed E-state index contributed by atoms with van der Waals surface area (Å²) in [4.78, 5) is 2.00. The first-order valence-corrected chi connectivity index (χ1v) is 4.58. The summed E-state index contributed by atoms with van der Waals surface area (Å²) in [5.41, 5.74) is 2.07. The zero-order chi connectivity index (χ0) is 9.14. The molecule has 0 aromatic heterocycles. The average Bonchev–Trinajstić information content (AvgIpc) is 2.04. The van der Waals surface area contributed by atoms with Crippen LogP contribution in [0.3, 0.4) is 0 Å². The van der Waals surface area contributed by atoms with E-state index in [4.69, 9.17) is 23.2 Å². The maximum atomic E-state index is 5.96. The smallest absolute Gasteiger partial charge is 0.0488 e. The Hall–Kier alpha value is -0.400. The maximum absolute atomic E-state index is 5.96. The van der Waals surface area contributed by atoms with E-state index in [0.717, 1.165) is 16.3 Å². The molecule has 3 heteroatoms. The molecule has 0 spiro atoms. The lowest BCUT2D eigenvalue weighted by atomic mass is 10.2. The second-order valence-corrected chi connectivity index (χ2v) is 3.48. The molecular weight excluding hydrogens is 193 g/mol. The second-order valence-electron chi connectivity index (χ2n) is 2.80. The molecular formula is C9H11Cl2N. The van der Waals surface area contributed by atoms with Crippen molar-refractivity contribution in [2.45, 2.75) is 5.88 Å². The maximum Gasteiger partial charge on any atom is 0.0488 e. The molecule has 1 nitrogen and oxygen atoms in total. The van der Waals surface area contributed by atoms with Crippen LogP contribution in [-0.2, 0) is 5.88 Å². The van der Waals surface area contributed by atoms with E-state index in [-0.39, 0.29) is 0 Å². The van der Waals surface area contributed by atoms with E-state index in [1.54, 1.807) is 0 Å². The molecule has 0 bridgehead atoms. The first kappa shape index (κ1) is 9.69. The Balaban J connectivity index is 3.02. The van der Waals surface area contributed by atoms with Gasteiger partial charge in [0.2, 0.25) is 0 Å². The summed E-state index contributed by atoms with van der Waals surface area (Å²) in [5.74, 6) is 0.465. The quantitative estimate of drug-likeness (QED) is 0.669. The summed E-state index contributed by atoms with van der Waals surface area (Å²) >= 11 is 11.6. The van der Waals surface area contributed by atoms with Crippen LogP contribution in [0.15, 0.2) is 18.2 Å². The molecule has 0 aliphatic rings. The molecule has 1 rings (SSSR count). The van der Waals surface area contributed by atoms with Crippen molar-refractivity contribution >= 4 is 28.9 Å². The Bertz CT molecular complexity index is 271. The predicted molar refractivity (Wildman–Crippen MR) is 55.3 cm³/mol. The van der Waals surface area contributed by atoms with Crippen molar-refractivity contribution < 1.29 is 0 Å². The Labute approximate surface area is 82.9 Å². The van der Waals surface area contributed by atoms with Gasteiger partial charge in [0.05, 0.1) is 0 Å². The van der Waals surface area contributed by atoms with Crippen molar-refractivity contribution in [3.63, 3.8) is 0 Å². The van der Waals surface area contributed by atoms with Gasteiger partial charge in [-0.05, 0) is 17.7 Å². The number of hydrogen-bond donors (Lipinski definition) is 0. The molecule has 0 amide bonds. The number of alkyl halides is 1. The van der Waals surface area contributed by atoms with Gasteiger partial charge in [-0.25, -0.2) is 0 Å². The zero-order valence-electron chi connectivity index (χ0n) is 7.14. The number of nitrogens with zero attached hydrogens (tertiary/aromatic N) is 1. The summed E-state index contributed by atoms with van der Waals surface area (Å²) in [7, 11) is 3.96. The van der Waals surface area contributed by atoms with Crippen molar-refractivity contribution in [3.05, 3.63) is 28.8 Å². The highest BCUT2D eigenvalue weighted by Gasteiger charge is 2.01. The van der Waals surface area contributed by atoms with Crippen LogP contribution in [0, 0.1) is 0 Å². The minimum Gasteiger partial charge on any atom is -0.378 e. The highest BCUT2D eigenvalue weighted by molar-refractivity contribution is 6.32. The molecule has 66 valence electrons. The number of benzene rings is 1. The molecule has 0 radical (unpaired) electrons. The van der Waals surface area contributed by atoms with Crippen LogP contribution < -0.4 is 4.90 Å². The molecule has 0 saturated heterocycles. The van der Waals surface area contributed by atoms with Crippen LogP contribution in [0.4, 0.5) is 5.69 Å². The van der Waals surface area contributed by atoms with Crippen LogP contribution in [0.5, 0.6) is 0 Å². The first-order valence-electron chi connectivity index (χ1n) is 3.67. The van der Waals surface area contributed by atoms with E-state index in [1.807, 2.05) is 37.2 Å². The molecule has 0 aliphatic carbocycles. The molecule has 0 aliphatic heterocycles. The van der Waals surface area contributed by atoms with Crippen LogP contribution in [-0.4, -0.2) is 14.1 Å². The summed E-state index contributed by atoms with van der Waals surface area (Å²) in [6.07, 6.45) is 0. The topological polar surface area (TPSA) is 3.24 Å². The van der Waals surface area contributed by atoms with Crippen LogP contribution in [0.2, 0.25) is 5.02 Å². The molecule has 12 heavy (non-hydrogen) atoms. The summed E-state index contributed by atoms with van der Waals surface area (Å²) < 4.78 is 0. The van der Waals surface area contributed by atoms with Gasteiger partial charge >= 0.3 is 0 Å². The lowest BCUT2D eigenvalue weighted by molar-refractivity contribution is 1.13. The van der Waals surface area contributed by atoms with Gasteiger partial charge in [-0.3, -0.25) is 0 Å². The van der Waals surface area contributed by atoms with Crippen molar-refractivity contribution in [1.82, 2.24) is 0 Å². The number of halogens is 2. The fourth-order valence-corrected chi connectivity index (χ4v) is 1.47. The van der Waals surface area contributed by atoms with Gasteiger partial charge in [0, 0.05) is 30.7 Å². The minimum atomic E-state index is 0.465. The normalized spacial score (nSPS) is 10.0. The molecule has 1 aromatic carbocycles. The van der Waals surface area contributed by atoms with E-state index < -0.39 is 0 Å². The van der Waals surface area contributed by atoms with Gasteiger partial charge in [0.25, 0.3) is 0 Å². The van der Waals surface area contributed by atoms with E-state index in [9.17, 15) is 0 Å². The molecule has 1 aromatic rings. The van der Waals surface area contributed by atoms with Gasteiger partial charge in [-0.2, -0.15) is 0 Å². The first-order chi connectivity index (χ1) is 5.65. The summed E-state index contributed by atoms with van der Waals surface area (Å²) in [6, 6.07) is 5.87. The second kappa shape index (κ2) is 4.01. The van der Waals surface area contributed by atoms with Crippen molar-refractivity contribution in [2.75, 3.05) is 19.0 Å². The van der Waals surface area contributed by atoms with E-state index in [0.29, 0.717) is 5.88 Å². The monoisotopic (exact) mass is 203 g/mol. The molecule has 0 saturated carbocycles. The van der Waals surface area contributed by atoms with Crippen LogP contribution >= 0.6 is 23.2 Å². The largest absolute Gasteiger partial charge is 0.378 e. The molecule has 0 heterocycles. The summed E-state index contributed by atoms with van der Waals surface area (Å²) in [5, 5.41) is 0.733. The fourth-order valence-electron chi connectivity index (χ4n) is 0.923. The van der Waals surface area contributed by atoms with E-state index >= 15 is 0 Å². The minimum absolute atomic E-state index is 0.465. The Kier molecular flexibility index (Phi) is 3.24. The lowest BCUT2D eigenvalue weighted by Gasteiger charge is -2.13. The standard InChI is InChI=1S/C9H11Cl2N/c1-12(2)8-4-3-7(6-10)9(11)5-8/h3-5H,6H2,1-2H3. The van der Waals surface area contributed by atoms with Gasteiger partial charge in [-0.1, -0.05) is 17.7 Å².